The Kier molecular flexibility index (Phi) is 4.92. The maximum Gasteiger partial charge on any atom is 0.354 e. The highest BCUT2D eigenvalue weighted by Crippen LogP contribution is 2.23. The fourth-order valence-corrected chi connectivity index (χ4v) is 3.56. The molecule has 0 radical (unpaired) electrons. The van der Waals surface area contributed by atoms with Gasteiger partial charge in [0, 0.05) is 0 Å². The van der Waals surface area contributed by atoms with Crippen LogP contribution in [0.5, 0.6) is 0 Å². The number of rotatable bonds is 5. The number of hydrogen-bond donors (Lipinski definition) is 4. The minimum atomic E-state index is -4.47. The third kappa shape index (κ3) is 3.97. The van der Waals surface area contributed by atoms with E-state index in [0.717, 1.165) is 41.1 Å². The van der Waals surface area contributed by atoms with Gasteiger partial charge in [-0.25, -0.2) is 9.48 Å². The van der Waals surface area contributed by atoms with E-state index in [1.165, 1.54) is 12.1 Å². The fourth-order valence-electron chi connectivity index (χ4n) is 2.60. The maximum absolute atomic E-state index is 12.8. The third-order valence-electron chi connectivity index (χ3n) is 3.94. The molecular formula is C16H12N2O9S2. The van der Waals surface area contributed by atoms with Crippen molar-refractivity contribution in [2.75, 3.05) is 0 Å². The van der Waals surface area contributed by atoms with Crippen molar-refractivity contribution >= 4 is 26.2 Å². The van der Waals surface area contributed by atoms with Gasteiger partial charge in [0.1, 0.15) is 0 Å². The Hall–Kier alpha value is -3.26. The van der Waals surface area contributed by atoms with Crippen LogP contribution in [0.2, 0.25) is 0 Å². The average molecular weight is 440 g/mol. The Morgan fingerprint density at radius 2 is 1.28 bits per heavy atom. The molecule has 0 aliphatic rings. The number of nitrogens with one attached hydrogen (secondary N) is 1. The van der Waals surface area contributed by atoms with Gasteiger partial charge in [-0.2, -0.15) is 16.8 Å². The molecule has 0 saturated heterocycles. The minimum absolute atomic E-state index is 0.0735. The van der Waals surface area contributed by atoms with Crippen LogP contribution in [0.25, 0.3) is 16.8 Å². The van der Waals surface area contributed by atoms with Gasteiger partial charge >= 0.3 is 5.97 Å². The molecule has 2 aromatic carbocycles. The second-order valence-corrected chi connectivity index (χ2v) is 8.62. The topological polar surface area (TPSA) is 184 Å². The number of benzene rings is 2. The molecule has 0 fully saturated rings. The van der Waals surface area contributed by atoms with Crippen LogP contribution in [0.3, 0.4) is 0 Å². The van der Waals surface area contributed by atoms with Gasteiger partial charge in [0.2, 0.25) is 0 Å². The highest BCUT2D eigenvalue weighted by molar-refractivity contribution is 7.86. The van der Waals surface area contributed by atoms with Crippen molar-refractivity contribution in [2.24, 2.45) is 0 Å². The molecule has 1 aromatic heterocycles. The number of aromatic carboxylic acids is 1. The van der Waals surface area contributed by atoms with Crippen molar-refractivity contribution in [1.82, 2.24) is 9.78 Å². The number of carboxylic acids is 1. The first-order valence-corrected chi connectivity index (χ1v) is 10.5. The molecule has 0 aliphatic heterocycles. The summed E-state index contributed by atoms with van der Waals surface area (Å²) in [5.74, 6) is -1.47. The zero-order chi connectivity index (χ0) is 21.6. The lowest BCUT2D eigenvalue weighted by molar-refractivity contribution is 0.0690. The van der Waals surface area contributed by atoms with Gasteiger partial charge in [-0.15, -0.1) is 0 Å². The number of nitrogens with zero attached hydrogens (tertiary/aromatic N) is 1. The van der Waals surface area contributed by atoms with E-state index in [0.29, 0.717) is 0 Å². The van der Waals surface area contributed by atoms with Gasteiger partial charge in [-0.1, -0.05) is 12.1 Å². The largest absolute Gasteiger partial charge is 0.477 e. The van der Waals surface area contributed by atoms with E-state index in [4.69, 9.17) is 9.11 Å². The quantitative estimate of drug-likeness (QED) is 0.421. The Bertz CT molecular complexity index is 1370. The molecule has 3 rings (SSSR count). The standard InChI is InChI=1S/C16H12N2O9S2/c19-15-13(9-1-5-11(6-2-9)28(22,23)24)14(16(20)21)17-18(15)10-3-7-12(8-4-10)29(25,26)27/h1-8,17H,(H,20,21)(H,22,23,24)(H,25,26,27). The van der Waals surface area contributed by atoms with Crippen LogP contribution in [0.15, 0.2) is 63.1 Å². The van der Waals surface area contributed by atoms with Crippen LogP contribution in [-0.2, 0) is 20.2 Å². The molecule has 152 valence electrons. The van der Waals surface area contributed by atoms with Crippen LogP contribution in [-0.4, -0.2) is 46.8 Å². The van der Waals surface area contributed by atoms with Gasteiger partial charge in [-0.05, 0) is 42.0 Å². The summed E-state index contributed by atoms with van der Waals surface area (Å²) in [5.41, 5.74) is -1.41. The van der Waals surface area contributed by atoms with Crippen molar-refractivity contribution in [3.05, 3.63) is 64.6 Å². The molecule has 13 heteroatoms. The van der Waals surface area contributed by atoms with Crippen molar-refractivity contribution in [1.29, 1.82) is 0 Å². The van der Waals surface area contributed by atoms with Gasteiger partial charge in [-0.3, -0.25) is 19.0 Å². The number of carboxylic acid groups (broad SMARTS) is 1. The van der Waals surface area contributed by atoms with Gasteiger partial charge in [0.05, 0.1) is 21.0 Å². The monoisotopic (exact) mass is 440 g/mol. The molecule has 29 heavy (non-hydrogen) atoms. The second-order valence-electron chi connectivity index (χ2n) is 5.78. The third-order valence-corrected chi connectivity index (χ3v) is 5.67. The Balaban J connectivity index is 2.16. The van der Waals surface area contributed by atoms with Crippen LogP contribution in [0.4, 0.5) is 0 Å². The first-order valence-electron chi connectivity index (χ1n) is 7.64. The summed E-state index contributed by atoms with van der Waals surface area (Å²) in [5, 5.41) is 11.8. The van der Waals surface area contributed by atoms with Crippen molar-refractivity contribution in [3.63, 3.8) is 0 Å². The molecule has 0 spiro atoms. The van der Waals surface area contributed by atoms with Crippen LogP contribution >= 0.6 is 0 Å². The molecule has 0 saturated carbocycles. The van der Waals surface area contributed by atoms with Crippen molar-refractivity contribution in [2.45, 2.75) is 9.79 Å². The zero-order valence-electron chi connectivity index (χ0n) is 14.2. The first-order chi connectivity index (χ1) is 13.4. The number of H-pyrrole nitrogens is 1. The molecule has 11 nitrogen and oxygen atoms in total. The summed E-state index contributed by atoms with van der Waals surface area (Å²) in [4.78, 5) is 23.5. The molecule has 0 aliphatic carbocycles. The minimum Gasteiger partial charge on any atom is -0.477 e. The lowest BCUT2D eigenvalue weighted by Gasteiger charge is -2.02. The summed E-state index contributed by atoms with van der Waals surface area (Å²) in [6.07, 6.45) is 0. The highest BCUT2D eigenvalue weighted by Gasteiger charge is 2.23. The smallest absolute Gasteiger partial charge is 0.354 e. The Morgan fingerprint density at radius 1 is 0.828 bits per heavy atom. The van der Waals surface area contributed by atoms with Crippen LogP contribution in [0.1, 0.15) is 10.5 Å². The summed E-state index contributed by atoms with van der Waals surface area (Å²) in [7, 11) is -8.92. The number of carbonyl (C=O) groups is 1. The number of aromatic amines is 1. The molecule has 0 atom stereocenters. The van der Waals surface area contributed by atoms with E-state index < -0.39 is 47.2 Å². The van der Waals surface area contributed by atoms with Crippen LogP contribution in [0, 0.1) is 0 Å². The van der Waals surface area contributed by atoms with E-state index >= 15 is 0 Å². The first kappa shape index (κ1) is 20.5. The number of aromatic nitrogens is 2. The van der Waals surface area contributed by atoms with Gasteiger partial charge in [0.25, 0.3) is 25.8 Å². The summed E-state index contributed by atoms with van der Waals surface area (Å²) < 4.78 is 63.4. The molecule has 1 heterocycles. The molecule has 0 amide bonds. The predicted octanol–water partition coefficient (Wildman–Crippen LogP) is 1.02. The molecule has 3 aromatic rings. The summed E-state index contributed by atoms with van der Waals surface area (Å²) in [6.45, 7) is 0. The zero-order valence-corrected chi connectivity index (χ0v) is 15.8. The summed E-state index contributed by atoms with van der Waals surface area (Å²) in [6, 6.07) is 8.74. The number of hydrogen-bond acceptors (Lipinski definition) is 6. The van der Waals surface area contributed by atoms with Crippen molar-refractivity contribution < 1.29 is 35.8 Å². The maximum atomic E-state index is 12.8. The average Bonchev–Trinajstić information content (AvgIpc) is 2.98. The van der Waals surface area contributed by atoms with E-state index in [-0.39, 0.29) is 16.8 Å². The molecule has 4 N–H and O–H groups in total. The summed E-state index contributed by atoms with van der Waals surface area (Å²) >= 11 is 0. The fraction of sp³-hybridized carbons (Fsp3) is 0. The normalized spacial score (nSPS) is 12.1. The molecule has 0 bridgehead atoms. The van der Waals surface area contributed by atoms with Gasteiger partial charge < -0.3 is 5.11 Å². The second kappa shape index (κ2) is 6.97. The highest BCUT2D eigenvalue weighted by atomic mass is 32.2. The predicted molar refractivity (Wildman–Crippen MR) is 98.4 cm³/mol. The van der Waals surface area contributed by atoms with Gasteiger partial charge in [0.15, 0.2) is 5.69 Å². The van der Waals surface area contributed by atoms with Crippen LogP contribution < -0.4 is 5.56 Å². The van der Waals surface area contributed by atoms with Crippen molar-refractivity contribution in [3.8, 4) is 16.8 Å². The van der Waals surface area contributed by atoms with E-state index in [1.54, 1.807) is 0 Å². The molecular weight excluding hydrogens is 428 g/mol. The lowest BCUT2D eigenvalue weighted by Crippen LogP contribution is -2.15. The lowest BCUT2D eigenvalue weighted by atomic mass is 10.1. The van der Waals surface area contributed by atoms with E-state index in [2.05, 4.69) is 5.10 Å². The SMILES string of the molecule is O=C(O)c1[nH]n(-c2ccc(S(=O)(=O)O)cc2)c(=O)c1-c1ccc(S(=O)(=O)O)cc1. The van der Waals surface area contributed by atoms with E-state index in [1.807, 2.05) is 0 Å². The Labute approximate surface area is 163 Å². The Morgan fingerprint density at radius 3 is 1.69 bits per heavy atom. The molecule has 0 unspecified atom stereocenters. The van der Waals surface area contributed by atoms with E-state index in [9.17, 15) is 31.5 Å².